The fourth-order valence-electron chi connectivity index (χ4n) is 4.04. The predicted octanol–water partition coefficient (Wildman–Crippen LogP) is 5.91. The molecule has 0 saturated carbocycles. The molecule has 164 valence electrons. The molecular formula is C27H28N2O3. The second-order valence-electron chi connectivity index (χ2n) is 8.47. The number of rotatable bonds is 6. The number of aryl methyl sites for hydroxylation is 1. The molecule has 0 aliphatic rings. The van der Waals surface area contributed by atoms with Gasteiger partial charge in [-0.15, -0.1) is 0 Å². The summed E-state index contributed by atoms with van der Waals surface area (Å²) in [6.45, 7) is 6.87. The zero-order valence-corrected chi connectivity index (χ0v) is 18.9. The zero-order valence-electron chi connectivity index (χ0n) is 18.9. The van der Waals surface area contributed by atoms with E-state index in [9.17, 15) is 4.79 Å². The lowest BCUT2D eigenvalue weighted by Crippen LogP contribution is -2.10. The van der Waals surface area contributed by atoms with Crippen LogP contribution in [-0.4, -0.2) is 18.1 Å². The fourth-order valence-corrected chi connectivity index (χ4v) is 4.04. The Morgan fingerprint density at radius 3 is 2.44 bits per heavy atom. The predicted molar refractivity (Wildman–Crippen MR) is 127 cm³/mol. The van der Waals surface area contributed by atoms with Crippen LogP contribution in [0.25, 0.3) is 33.4 Å². The smallest absolute Gasteiger partial charge is 0.373 e. The van der Waals surface area contributed by atoms with Crippen LogP contribution in [0.3, 0.4) is 0 Å². The van der Waals surface area contributed by atoms with Crippen LogP contribution in [0.15, 0.2) is 59.0 Å². The average molecular weight is 429 g/mol. The zero-order chi connectivity index (χ0) is 22.8. The molecule has 0 radical (unpaired) electrons. The van der Waals surface area contributed by atoms with Crippen molar-refractivity contribution in [2.45, 2.75) is 33.7 Å². The molecule has 5 heteroatoms. The molecule has 0 spiro atoms. The van der Waals surface area contributed by atoms with E-state index in [1.54, 1.807) is 12.1 Å². The molecule has 2 aromatic heterocycles. The van der Waals surface area contributed by atoms with Gasteiger partial charge in [0.05, 0.1) is 12.6 Å². The van der Waals surface area contributed by atoms with Crippen molar-refractivity contribution in [2.75, 3.05) is 7.11 Å². The summed E-state index contributed by atoms with van der Waals surface area (Å²) in [5.41, 5.74) is 13.6. The van der Waals surface area contributed by atoms with Gasteiger partial charge in [-0.25, -0.2) is 4.79 Å². The van der Waals surface area contributed by atoms with Crippen LogP contribution in [-0.2, 0) is 17.7 Å². The number of carbonyl (C=O) groups is 1. The van der Waals surface area contributed by atoms with E-state index in [-0.39, 0.29) is 5.76 Å². The van der Waals surface area contributed by atoms with Crippen molar-refractivity contribution in [1.29, 1.82) is 0 Å². The minimum Gasteiger partial charge on any atom is -0.463 e. The molecule has 0 aliphatic carbocycles. The average Bonchev–Trinajstić information content (AvgIpc) is 3.28. The normalized spacial score (nSPS) is 11.3. The van der Waals surface area contributed by atoms with Crippen LogP contribution in [0.1, 0.15) is 41.2 Å². The second-order valence-corrected chi connectivity index (χ2v) is 8.47. The number of furan rings is 1. The van der Waals surface area contributed by atoms with Crippen molar-refractivity contribution in [3.05, 3.63) is 77.2 Å². The first kappa shape index (κ1) is 21.8. The summed E-state index contributed by atoms with van der Waals surface area (Å²) in [4.78, 5) is 16.8. The number of ether oxygens (including phenoxy) is 1. The molecule has 0 fully saturated rings. The number of nitrogens with two attached hydrogens (primary N) is 1. The minimum atomic E-state index is -0.497. The maximum atomic E-state index is 11.8. The summed E-state index contributed by atoms with van der Waals surface area (Å²) in [7, 11) is 1.34. The van der Waals surface area contributed by atoms with E-state index in [2.05, 4.69) is 51.1 Å². The molecule has 0 bridgehead atoms. The number of pyridine rings is 1. The van der Waals surface area contributed by atoms with Gasteiger partial charge in [-0.2, -0.15) is 0 Å². The third-order valence-electron chi connectivity index (χ3n) is 5.59. The van der Waals surface area contributed by atoms with Crippen molar-refractivity contribution in [3.8, 4) is 22.5 Å². The van der Waals surface area contributed by atoms with Crippen molar-refractivity contribution in [2.24, 2.45) is 11.7 Å². The number of nitrogens with zero attached hydrogens (tertiary/aromatic N) is 1. The Morgan fingerprint density at radius 2 is 1.78 bits per heavy atom. The molecule has 2 aromatic carbocycles. The van der Waals surface area contributed by atoms with Crippen molar-refractivity contribution in [1.82, 2.24) is 4.98 Å². The Bertz CT molecular complexity index is 1270. The lowest BCUT2D eigenvalue weighted by molar-refractivity contribution is 0.0566. The summed E-state index contributed by atoms with van der Waals surface area (Å²) in [6, 6.07) is 17.9. The molecule has 32 heavy (non-hydrogen) atoms. The number of hydrogen-bond acceptors (Lipinski definition) is 5. The molecule has 0 amide bonds. The van der Waals surface area contributed by atoms with E-state index >= 15 is 0 Å². The van der Waals surface area contributed by atoms with Gasteiger partial charge in [0.1, 0.15) is 5.76 Å². The van der Waals surface area contributed by atoms with Gasteiger partial charge in [0.2, 0.25) is 5.76 Å². The number of hydrogen-bond donors (Lipinski definition) is 1. The molecule has 4 rings (SSSR count). The second kappa shape index (κ2) is 8.97. The number of aromatic nitrogens is 1. The van der Waals surface area contributed by atoms with E-state index < -0.39 is 5.97 Å². The maximum absolute atomic E-state index is 11.8. The van der Waals surface area contributed by atoms with Gasteiger partial charge in [0.15, 0.2) is 0 Å². The van der Waals surface area contributed by atoms with Crippen LogP contribution in [0.2, 0.25) is 0 Å². The van der Waals surface area contributed by atoms with Crippen LogP contribution in [0.5, 0.6) is 0 Å². The van der Waals surface area contributed by atoms with E-state index in [0.29, 0.717) is 18.2 Å². The summed E-state index contributed by atoms with van der Waals surface area (Å²) in [5.74, 6) is 0.746. The third kappa shape index (κ3) is 4.16. The van der Waals surface area contributed by atoms with Crippen LogP contribution in [0, 0.1) is 12.8 Å². The minimum absolute atomic E-state index is 0.175. The standard InChI is InChI=1S/C27H28N2O3/c1-16(2)13-23-21(15-28)26(18-7-5-17(3)6-8-18)20-14-19(9-10-22(20)29-23)24-11-12-25(32-24)27(30)31-4/h5-12,14,16H,13,15,28H2,1-4H3. The molecule has 2 heterocycles. The van der Waals surface area contributed by atoms with Crippen LogP contribution in [0.4, 0.5) is 0 Å². The summed E-state index contributed by atoms with van der Waals surface area (Å²) in [5, 5.41) is 1.01. The number of fused-ring (bicyclic) bond motifs is 1. The van der Waals surface area contributed by atoms with Crippen LogP contribution >= 0.6 is 0 Å². The van der Waals surface area contributed by atoms with Gasteiger partial charge in [-0.1, -0.05) is 43.7 Å². The number of esters is 1. The van der Waals surface area contributed by atoms with Gasteiger partial charge in [0.25, 0.3) is 0 Å². The SMILES string of the molecule is COC(=O)c1ccc(-c2ccc3nc(CC(C)C)c(CN)c(-c4ccc(C)cc4)c3c2)o1. The highest BCUT2D eigenvalue weighted by Gasteiger charge is 2.18. The van der Waals surface area contributed by atoms with E-state index in [4.69, 9.17) is 19.9 Å². The summed E-state index contributed by atoms with van der Waals surface area (Å²) >= 11 is 0. The van der Waals surface area contributed by atoms with E-state index in [1.807, 2.05) is 12.1 Å². The highest BCUT2D eigenvalue weighted by Crippen LogP contribution is 2.36. The topological polar surface area (TPSA) is 78.3 Å². The lowest BCUT2D eigenvalue weighted by atomic mass is 9.90. The number of carbonyl (C=O) groups excluding carboxylic acids is 1. The highest BCUT2D eigenvalue weighted by atomic mass is 16.5. The molecule has 5 nitrogen and oxygen atoms in total. The lowest BCUT2D eigenvalue weighted by Gasteiger charge is -2.18. The Labute approximate surface area is 188 Å². The van der Waals surface area contributed by atoms with Gasteiger partial charge in [0, 0.05) is 23.2 Å². The first-order valence-corrected chi connectivity index (χ1v) is 10.8. The number of benzene rings is 2. The Morgan fingerprint density at radius 1 is 1.06 bits per heavy atom. The molecular weight excluding hydrogens is 400 g/mol. The molecule has 0 saturated heterocycles. The van der Waals surface area contributed by atoms with Crippen molar-refractivity contribution in [3.63, 3.8) is 0 Å². The van der Waals surface area contributed by atoms with Gasteiger partial charge >= 0.3 is 5.97 Å². The molecule has 0 aliphatic heterocycles. The van der Waals surface area contributed by atoms with Crippen LogP contribution < -0.4 is 5.73 Å². The summed E-state index contributed by atoms with van der Waals surface area (Å²) < 4.78 is 10.5. The van der Waals surface area contributed by atoms with E-state index in [0.717, 1.165) is 45.3 Å². The Balaban J connectivity index is 1.96. The van der Waals surface area contributed by atoms with Gasteiger partial charge in [-0.05, 0) is 66.3 Å². The molecule has 2 N–H and O–H groups in total. The molecule has 0 atom stereocenters. The summed E-state index contributed by atoms with van der Waals surface area (Å²) in [6.07, 6.45) is 0.865. The highest BCUT2D eigenvalue weighted by molar-refractivity contribution is 5.99. The molecule has 4 aromatic rings. The fraction of sp³-hybridized carbons (Fsp3) is 0.259. The first-order chi connectivity index (χ1) is 15.4. The molecule has 0 unspecified atom stereocenters. The van der Waals surface area contributed by atoms with Gasteiger partial charge in [-0.3, -0.25) is 4.98 Å². The monoisotopic (exact) mass is 428 g/mol. The Hall–Kier alpha value is -3.44. The number of methoxy groups -OCH3 is 1. The van der Waals surface area contributed by atoms with E-state index in [1.165, 1.54) is 12.7 Å². The Kier molecular flexibility index (Phi) is 6.10. The first-order valence-electron chi connectivity index (χ1n) is 10.8. The quantitative estimate of drug-likeness (QED) is 0.386. The van der Waals surface area contributed by atoms with Crippen molar-refractivity contribution >= 4 is 16.9 Å². The maximum Gasteiger partial charge on any atom is 0.373 e. The van der Waals surface area contributed by atoms with Crippen molar-refractivity contribution < 1.29 is 13.9 Å². The third-order valence-corrected chi connectivity index (χ3v) is 5.59. The van der Waals surface area contributed by atoms with Gasteiger partial charge < -0.3 is 14.9 Å². The largest absolute Gasteiger partial charge is 0.463 e.